The first-order valence-corrected chi connectivity index (χ1v) is 6.51. The van der Waals surface area contributed by atoms with Crippen molar-refractivity contribution in [3.05, 3.63) is 29.3 Å². The Labute approximate surface area is 109 Å². The number of hydrogen-bond donors (Lipinski definition) is 1. The van der Waals surface area contributed by atoms with E-state index >= 15 is 0 Å². The monoisotopic (exact) mass is 246 g/mol. The first-order chi connectivity index (χ1) is 8.43. The van der Waals surface area contributed by atoms with Gasteiger partial charge in [-0.05, 0) is 42.5 Å². The summed E-state index contributed by atoms with van der Waals surface area (Å²) in [5.74, 6) is 0.159. The predicted octanol–water partition coefficient (Wildman–Crippen LogP) is 2.91. The van der Waals surface area contributed by atoms with Crippen LogP contribution in [0.25, 0.3) is 0 Å². The lowest BCUT2D eigenvalue weighted by Crippen LogP contribution is -2.30. The molecule has 0 radical (unpaired) electrons. The molecule has 1 fully saturated rings. The Morgan fingerprint density at radius 3 is 2.61 bits per heavy atom. The van der Waals surface area contributed by atoms with E-state index in [9.17, 15) is 4.79 Å². The largest absolute Gasteiger partial charge is 0.388 e. The van der Waals surface area contributed by atoms with Gasteiger partial charge in [-0.25, -0.2) is 0 Å². The van der Waals surface area contributed by atoms with Crippen LogP contribution in [0.3, 0.4) is 0 Å². The van der Waals surface area contributed by atoms with Gasteiger partial charge in [0.2, 0.25) is 0 Å². The minimum absolute atomic E-state index is 0.159. The number of carbonyl (C=O) groups is 1. The molecule has 1 aromatic carbocycles. The van der Waals surface area contributed by atoms with Gasteiger partial charge in [-0.1, -0.05) is 13.8 Å². The van der Waals surface area contributed by atoms with E-state index in [0.717, 1.165) is 36.3 Å². The molecule has 3 nitrogen and oxygen atoms in total. The Bertz CT molecular complexity index is 466. The molecule has 98 valence electrons. The Morgan fingerprint density at radius 2 is 2.11 bits per heavy atom. The fourth-order valence-corrected chi connectivity index (χ4v) is 2.55. The molecule has 1 amide bonds. The molecule has 1 aromatic rings. The standard InChI is InChI=1S/C15H22N2O/c1-11-9-12(5-6-13(11)16-4)14(18)17-8-7-15(2,3)10-17/h5-6,9,16H,7-8,10H2,1-4H3. The van der Waals surface area contributed by atoms with Gasteiger partial charge >= 0.3 is 0 Å². The average Bonchev–Trinajstić information content (AvgIpc) is 2.68. The molecular weight excluding hydrogens is 224 g/mol. The van der Waals surface area contributed by atoms with Crippen LogP contribution in [0, 0.1) is 12.3 Å². The van der Waals surface area contributed by atoms with Gasteiger partial charge in [0.05, 0.1) is 0 Å². The van der Waals surface area contributed by atoms with Crippen LogP contribution >= 0.6 is 0 Å². The average molecular weight is 246 g/mol. The van der Waals surface area contributed by atoms with Crippen molar-refractivity contribution in [1.29, 1.82) is 0 Å². The van der Waals surface area contributed by atoms with Crippen molar-refractivity contribution in [2.24, 2.45) is 5.41 Å². The van der Waals surface area contributed by atoms with Crippen LogP contribution in [0.5, 0.6) is 0 Å². The van der Waals surface area contributed by atoms with E-state index < -0.39 is 0 Å². The van der Waals surface area contributed by atoms with Crippen LogP contribution in [0.15, 0.2) is 18.2 Å². The summed E-state index contributed by atoms with van der Waals surface area (Å²) in [7, 11) is 1.90. The molecule has 1 saturated heterocycles. The third kappa shape index (κ3) is 2.50. The Balaban J connectivity index is 2.17. The summed E-state index contributed by atoms with van der Waals surface area (Å²) in [5.41, 5.74) is 3.25. The summed E-state index contributed by atoms with van der Waals surface area (Å²) < 4.78 is 0. The molecule has 1 N–H and O–H groups in total. The van der Waals surface area contributed by atoms with E-state index in [1.807, 2.05) is 37.1 Å². The Hall–Kier alpha value is -1.51. The molecule has 3 heteroatoms. The van der Waals surface area contributed by atoms with E-state index in [1.54, 1.807) is 0 Å². The van der Waals surface area contributed by atoms with Crippen LogP contribution in [0.4, 0.5) is 5.69 Å². The third-order valence-corrected chi connectivity index (χ3v) is 3.71. The highest BCUT2D eigenvalue weighted by molar-refractivity contribution is 5.95. The van der Waals surface area contributed by atoms with E-state index in [4.69, 9.17) is 0 Å². The topological polar surface area (TPSA) is 32.3 Å². The molecule has 1 aliphatic rings. The summed E-state index contributed by atoms with van der Waals surface area (Å²) >= 11 is 0. The van der Waals surface area contributed by atoms with Gasteiger partial charge in [-0.15, -0.1) is 0 Å². The zero-order chi connectivity index (χ0) is 13.3. The number of carbonyl (C=O) groups excluding carboxylic acids is 1. The second-order valence-corrected chi connectivity index (χ2v) is 5.92. The highest BCUT2D eigenvalue weighted by Gasteiger charge is 2.32. The zero-order valence-electron chi connectivity index (χ0n) is 11.7. The summed E-state index contributed by atoms with van der Waals surface area (Å²) in [6, 6.07) is 5.86. The summed E-state index contributed by atoms with van der Waals surface area (Å²) in [6.07, 6.45) is 1.09. The smallest absolute Gasteiger partial charge is 0.253 e. The van der Waals surface area contributed by atoms with Crippen molar-refractivity contribution in [1.82, 2.24) is 4.90 Å². The summed E-state index contributed by atoms with van der Waals surface area (Å²) in [6.45, 7) is 8.19. The first kappa shape index (κ1) is 12.9. The number of nitrogens with zero attached hydrogens (tertiary/aromatic N) is 1. The number of benzene rings is 1. The van der Waals surface area contributed by atoms with Gasteiger partial charge in [0.25, 0.3) is 5.91 Å². The van der Waals surface area contributed by atoms with E-state index in [-0.39, 0.29) is 11.3 Å². The van der Waals surface area contributed by atoms with Crippen molar-refractivity contribution in [2.45, 2.75) is 27.2 Å². The van der Waals surface area contributed by atoms with Gasteiger partial charge in [0.15, 0.2) is 0 Å². The van der Waals surface area contributed by atoms with Gasteiger partial charge in [0.1, 0.15) is 0 Å². The maximum atomic E-state index is 12.4. The number of amides is 1. The van der Waals surface area contributed by atoms with Crippen LogP contribution in [0.1, 0.15) is 36.2 Å². The lowest BCUT2D eigenvalue weighted by atomic mass is 9.93. The van der Waals surface area contributed by atoms with Gasteiger partial charge in [-0.3, -0.25) is 4.79 Å². The van der Waals surface area contributed by atoms with Crippen LogP contribution in [0.2, 0.25) is 0 Å². The molecule has 0 spiro atoms. The Kier molecular flexibility index (Phi) is 3.33. The first-order valence-electron chi connectivity index (χ1n) is 6.51. The number of rotatable bonds is 2. The van der Waals surface area contributed by atoms with Crippen molar-refractivity contribution in [2.75, 3.05) is 25.5 Å². The maximum Gasteiger partial charge on any atom is 0.253 e. The molecule has 0 aromatic heterocycles. The summed E-state index contributed by atoms with van der Waals surface area (Å²) in [5, 5.41) is 3.12. The molecule has 0 saturated carbocycles. The Morgan fingerprint density at radius 1 is 1.39 bits per heavy atom. The molecule has 18 heavy (non-hydrogen) atoms. The normalized spacial score (nSPS) is 17.9. The molecule has 2 rings (SSSR count). The number of nitrogens with one attached hydrogen (secondary N) is 1. The van der Waals surface area contributed by atoms with E-state index in [0.29, 0.717) is 0 Å². The van der Waals surface area contributed by atoms with Crippen molar-refractivity contribution in [3.8, 4) is 0 Å². The van der Waals surface area contributed by atoms with Crippen LogP contribution < -0.4 is 5.32 Å². The number of anilines is 1. The molecule has 0 bridgehead atoms. The third-order valence-electron chi connectivity index (χ3n) is 3.71. The maximum absolute atomic E-state index is 12.4. The highest BCUT2D eigenvalue weighted by Crippen LogP contribution is 2.30. The molecule has 0 atom stereocenters. The minimum Gasteiger partial charge on any atom is -0.388 e. The lowest BCUT2D eigenvalue weighted by molar-refractivity contribution is 0.0778. The second kappa shape index (κ2) is 4.63. The zero-order valence-corrected chi connectivity index (χ0v) is 11.7. The molecule has 0 unspecified atom stereocenters. The quantitative estimate of drug-likeness (QED) is 0.870. The SMILES string of the molecule is CNc1ccc(C(=O)N2CCC(C)(C)C2)cc1C. The fraction of sp³-hybridized carbons (Fsp3) is 0.533. The number of aryl methyl sites for hydroxylation is 1. The van der Waals surface area contributed by atoms with E-state index in [2.05, 4.69) is 19.2 Å². The summed E-state index contributed by atoms with van der Waals surface area (Å²) in [4.78, 5) is 14.4. The van der Waals surface area contributed by atoms with Gasteiger partial charge in [-0.2, -0.15) is 0 Å². The van der Waals surface area contributed by atoms with Crippen molar-refractivity contribution >= 4 is 11.6 Å². The lowest BCUT2D eigenvalue weighted by Gasteiger charge is -2.20. The fourth-order valence-electron chi connectivity index (χ4n) is 2.55. The predicted molar refractivity (Wildman–Crippen MR) is 75.0 cm³/mol. The van der Waals surface area contributed by atoms with E-state index in [1.165, 1.54) is 0 Å². The van der Waals surface area contributed by atoms with Crippen LogP contribution in [-0.4, -0.2) is 30.9 Å². The molecule has 1 heterocycles. The van der Waals surface area contributed by atoms with Crippen molar-refractivity contribution in [3.63, 3.8) is 0 Å². The molecule has 0 aliphatic carbocycles. The number of likely N-dealkylation sites (tertiary alicyclic amines) is 1. The molecule has 1 aliphatic heterocycles. The minimum atomic E-state index is 0.159. The molecular formula is C15H22N2O. The van der Waals surface area contributed by atoms with Gasteiger partial charge < -0.3 is 10.2 Å². The van der Waals surface area contributed by atoms with Crippen molar-refractivity contribution < 1.29 is 4.79 Å². The van der Waals surface area contributed by atoms with Gasteiger partial charge in [0, 0.05) is 31.4 Å². The highest BCUT2D eigenvalue weighted by atomic mass is 16.2. The van der Waals surface area contributed by atoms with Crippen LogP contribution in [-0.2, 0) is 0 Å². The number of hydrogen-bond acceptors (Lipinski definition) is 2. The second-order valence-electron chi connectivity index (χ2n) is 5.92.